The smallest absolute Gasteiger partial charge is 0.234 e. The molecule has 3 heteroatoms. The molecule has 3 fully saturated rings. The van der Waals surface area contributed by atoms with Gasteiger partial charge in [0, 0.05) is 17.9 Å². The molecule has 2 aromatic carbocycles. The second-order valence-electron chi connectivity index (χ2n) is 9.55. The Morgan fingerprint density at radius 3 is 1.57 bits per heavy atom. The molecule has 1 heterocycles. The van der Waals surface area contributed by atoms with E-state index in [1.165, 1.54) is 41.5 Å². The molecule has 8 rings (SSSR count). The molecule has 1 aliphatic heterocycles. The first-order valence-corrected chi connectivity index (χ1v) is 10.8. The van der Waals surface area contributed by atoms with Crippen molar-refractivity contribution in [2.24, 2.45) is 23.7 Å². The number of likely N-dealkylation sites (tertiary alicyclic amines) is 1. The number of hydrogen-bond acceptors (Lipinski definition) is 2. The molecule has 0 radical (unpaired) electrons. The van der Waals surface area contributed by atoms with Crippen LogP contribution < -0.4 is 0 Å². The number of hydrogen-bond donors (Lipinski definition) is 0. The molecule has 140 valence electrons. The number of fused-ring (bicyclic) bond motifs is 2. The third-order valence-corrected chi connectivity index (χ3v) is 8.51. The van der Waals surface area contributed by atoms with E-state index in [2.05, 4.69) is 48.5 Å². The monoisotopic (exact) mass is 369 g/mol. The molecule has 28 heavy (non-hydrogen) atoms. The Bertz CT molecular complexity index is 927. The summed E-state index contributed by atoms with van der Waals surface area (Å²) in [6.07, 6.45) is 4.72. The van der Waals surface area contributed by atoms with Gasteiger partial charge >= 0.3 is 0 Å². The summed E-state index contributed by atoms with van der Waals surface area (Å²) in [5, 5.41) is 0. The minimum atomic E-state index is -0.207. The van der Waals surface area contributed by atoms with E-state index in [1.54, 1.807) is 4.90 Å². The molecule has 0 N–H and O–H groups in total. The lowest BCUT2D eigenvalue weighted by molar-refractivity contribution is -0.144. The average molecular weight is 369 g/mol. The zero-order valence-electron chi connectivity index (χ0n) is 15.8. The number of benzene rings is 2. The maximum absolute atomic E-state index is 13.7. The summed E-state index contributed by atoms with van der Waals surface area (Å²) in [5.74, 6) is 1.15. The predicted octanol–water partition coefficient (Wildman–Crippen LogP) is 4.07. The molecule has 5 atom stereocenters. The molecule has 4 bridgehead atoms. The summed E-state index contributed by atoms with van der Waals surface area (Å²) in [6, 6.07) is 17.2. The molecular weight excluding hydrogens is 346 g/mol. The fraction of sp³-hybridized carbons (Fsp3) is 0.440. The first-order chi connectivity index (χ1) is 13.7. The summed E-state index contributed by atoms with van der Waals surface area (Å²) in [7, 11) is 0. The number of nitrogens with zero attached hydrogens (tertiary/aromatic N) is 1. The molecule has 2 amide bonds. The van der Waals surface area contributed by atoms with Crippen LogP contribution in [0.5, 0.6) is 0 Å². The van der Waals surface area contributed by atoms with Crippen LogP contribution in [0.25, 0.3) is 0 Å². The van der Waals surface area contributed by atoms with Gasteiger partial charge in [-0.3, -0.25) is 14.5 Å². The van der Waals surface area contributed by atoms with Gasteiger partial charge in [-0.15, -0.1) is 0 Å². The quantitative estimate of drug-likeness (QED) is 0.711. The fourth-order valence-electron chi connectivity index (χ4n) is 7.55. The van der Waals surface area contributed by atoms with Gasteiger partial charge in [0.15, 0.2) is 0 Å². The van der Waals surface area contributed by atoms with Crippen molar-refractivity contribution < 1.29 is 9.59 Å². The molecule has 3 nitrogen and oxygen atoms in total. The van der Waals surface area contributed by atoms with Gasteiger partial charge < -0.3 is 0 Å². The van der Waals surface area contributed by atoms with Crippen LogP contribution in [-0.4, -0.2) is 22.8 Å². The van der Waals surface area contributed by atoms with Crippen LogP contribution in [0.15, 0.2) is 48.5 Å². The number of carbonyl (C=O) groups is 2. The van der Waals surface area contributed by atoms with Crippen LogP contribution >= 0.6 is 0 Å². The Balaban J connectivity index is 1.40. The molecule has 2 aromatic rings. The van der Waals surface area contributed by atoms with Crippen molar-refractivity contribution in [3.63, 3.8) is 0 Å². The SMILES string of the molecule is O=C1[C@@H]2C3c4ccccc4C(c4ccccc43)[C@@H]2C(=O)N1[C@@H]1C[C@@H]2CC[C@@H]1C2. The Morgan fingerprint density at radius 2 is 1.18 bits per heavy atom. The lowest BCUT2D eigenvalue weighted by Gasteiger charge is -2.45. The van der Waals surface area contributed by atoms with E-state index in [9.17, 15) is 9.59 Å². The van der Waals surface area contributed by atoms with E-state index in [0.29, 0.717) is 5.92 Å². The highest BCUT2D eigenvalue weighted by Gasteiger charge is 2.63. The number of carbonyl (C=O) groups excluding carboxylic acids is 2. The van der Waals surface area contributed by atoms with E-state index in [-0.39, 0.29) is 41.5 Å². The van der Waals surface area contributed by atoms with Crippen molar-refractivity contribution in [2.45, 2.75) is 43.6 Å². The van der Waals surface area contributed by atoms with E-state index >= 15 is 0 Å². The van der Waals surface area contributed by atoms with E-state index in [1.807, 2.05) is 0 Å². The Morgan fingerprint density at radius 1 is 0.679 bits per heavy atom. The zero-order valence-corrected chi connectivity index (χ0v) is 15.8. The van der Waals surface area contributed by atoms with Gasteiger partial charge in [0.2, 0.25) is 11.8 Å². The average Bonchev–Trinajstić information content (AvgIpc) is 3.42. The predicted molar refractivity (Wildman–Crippen MR) is 105 cm³/mol. The number of imide groups is 1. The highest BCUT2D eigenvalue weighted by atomic mass is 16.2. The van der Waals surface area contributed by atoms with Gasteiger partial charge in [0.25, 0.3) is 0 Å². The van der Waals surface area contributed by atoms with Gasteiger partial charge in [-0.1, -0.05) is 55.0 Å². The van der Waals surface area contributed by atoms with Crippen molar-refractivity contribution in [1.82, 2.24) is 4.90 Å². The van der Waals surface area contributed by atoms with Crippen LogP contribution in [-0.2, 0) is 9.59 Å². The normalized spacial score (nSPS) is 39.3. The van der Waals surface area contributed by atoms with Crippen molar-refractivity contribution in [3.8, 4) is 0 Å². The molecule has 5 aliphatic carbocycles. The molecule has 2 saturated carbocycles. The third-order valence-electron chi connectivity index (χ3n) is 8.51. The summed E-state index contributed by atoms with van der Waals surface area (Å²) in [5.41, 5.74) is 5.07. The second kappa shape index (κ2) is 5.14. The Kier molecular flexibility index (Phi) is 2.84. The van der Waals surface area contributed by atoms with Crippen LogP contribution in [0, 0.1) is 23.7 Å². The van der Waals surface area contributed by atoms with Crippen LogP contribution in [0.1, 0.15) is 59.8 Å². The topological polar surface area (TPSA) is 37.4 Å². The summed E-state index contributed by atoms with van der Waals surface area (Å²) >= 11 is 0. The second-order valence-corrected chi connectivity index (χ2v) is 9.55. The summed E-state index contributed by atoms with van der Waals surface area (Å²) in [6.45, 7) is 0. The molecular formula is C25H23NO2. The van der Waals surface area contributed by atoms with E-state index < -0.39 is 0 Å². The summed E-state index contributed by atoms with van der Waals surface area (Å²) < 4.78 is 0. The van der Waals surface area contributed by atoms with Gasteiger partial charge in [0.1, 0.15) is 0 Å². The zero-order chi connectivity index (χ0) is 18.6. The number of rotatable bonds is 1. The van der Waals surface area contributed by atoms with E-state index in [4.69, 9.17) is 0 Å². The standard InChI is InChI=1S/C25H23NO2/c27-24-22-20-15-5-1-2-6-16(15)21(18-8-4-3-7-17(18)20)23(22)25(28)26(24)19-12-13-9-10-14(19)11-13/h1-8,13-14,19-23H,9-12H2/t13-,14-,19-,20?,21?,22-,23+/m1/s1. The Hall–Kier alpha value is -2.42. The van der Waals surface area contributed by atoms with Crippen molar-refractivity contribution >= 4 is 11.8 Å². The van der Waals surface area contributed by atoms with E-state index in [0.717, 1.165) is 12.3 Å². The summed E-state index contributed by atoms with van der Waals surface area (Å²) in [4.78, 5) is 29.2. The molecule has 1 saturated heterocycles. The first-order valence-electron chi connectivity index (χ1n) is 10.8. The molecule has 0 aromatic heterocycles. The van der Waals surface area contributed by atoms with Gasteiger partial charge in [-0.2, -0.15) is 0 Å². The third kappa shape index (κ3) is 1.68. The van der Waals surface area contributed by atoms with Crippen molar-refractivity contribution in [2.75, 3.05) is 0 Å². The fourth-order valence-corrected chi connectivity index (χ4v) is 7.55. The van der Waals surface area contributed by atoms with Gasteiger partial charge in [0.05, 0.1) is 11.8 Å². The van der Waals surface area contributed by atoms with Gasteiger partial charge in [-0.05, 0) is 53.4 Å². The van der Waals surface area contributed by atoms with Crippen LogP contribution in [0.4, 0.5) is 0 Å². The number of amides is 2. The molecule has 0 spiro atoms. The van der Waals surface area contributed by atoms with Crippen LogP contribution in [0.3, 0.4) is 0 Å². The largest absolute Gasteiger partial charge is 0.279 e. The van der Waals surface area contributed by atoms with Crippen molar-refractivity contribution in [1.29, 1.82) is 0 Å². The van der Waals surface area contributed by atoms with Gasteiger partial charge in [-0.25, -0.2) is 0 Å². The molecule has 0 unspecified atom stereocenters. The Labute approximate surface area is 164 Å². The molecule has 6 aliphatic rings. The highest BCUT2D eigenvalue weighted by Crippen LogP contribution is 2.62. The maximum atomic E-state index is 13.7. The minimum absolute atomic E-state index is 0.0300. The lowest BCUT2D eigenvalue weighted by atomic mass is 9.55. The van der Waals surface area contributed by atoms with Crippen molar-refractivity contribution in [3.05, 3.63) is 70.8 Å². The highest BCUT2D eigenvalue weighted by molar-refractivity contribution is 6.08. The minimum Gasteiger partial charge on any atom is -0.279 e. The maximum Gasteiger partial charge on any atom is 0.234 e. The first kappa shape index (κ1) is 15.5. The van der Waals surface area contributed by atoms with Crippen LogP contribution in [0.2, 0.25) is 0 Å². The lowest BCUT2D eigenvalue weighted by Crippen LogP contribution is -2.43.